The Morgan fingerprint density at radius 1 is 1.21 bits per heavy atom. The van der Waals surface area contributed by atoms with E-state index in [1.807, 2.05) is 24.3 Å². The Kier molecular flexibility index (Phi) is 4.25. The molecule has 0 fully saturated rings. The van der Waals surface area contributed by atoms with E-state index in [0.29, 0.717) is 27.4 Å². The molecule has 2 aromatic heterocycles. The Bertz CT molecular complexity index is 1320. The molecule has 0 bridgehead atoms. The predicted octanol–water partition coefficient (Wildman–Crippen LogP) is 4.77. The molecule has 1 aliphatic rings. The van der Waals surface area contributed by atoms with E-state index in [9.17, 15) is 9.59 Å². The summed E-state index contributed by atoms with van der Waals surface area (Å²) < 4.78 is 12.0. The van der Waals surface area contributed by atoms with Crippen LogP contribution >= 0.6 is 27.3 Å². The van der Waals surface area contributed by atoms with Gasteiger partial charge in [-0.1, -0.05) is 28.1 Å². The van der Waals surface area contributed by atoms with Gasteiger partial charge in [-0.05, 0) is 29.8 Å². The Morgan fingerprint density at radius 3 is 2.79 bits per heavy atom. The summed E-state index contributed by atoms with van der Waals surface area (Å²) in [6, 6.07) is 11.9. The number of nitrogens with zero attached hydrogens (tertiary/aromatic N) is 2. The number of carbonyl (C=O) groups excluding carboxylic acids is 1. The van der Waals surface area contributed by atoms with E-state index in [-0.39, 0.29) is 17.1 Å². The van der Waals surface area contributed by atoms with E-state index < -0.39 is 6.04 Å². The van der Waals surface area contributed by atoms with Gasteiger partial charge in [-0.3, -0.25) is 14.5 Å². The van der Waals surface area contributed by atoms with Gasteiger partial charge in [-0.15, -0.1) is 11.3 Å². The number of rotatable bonds is 3. The standard InChI is InChI=1S/C21H13BrN2O4S/c1-27-13-5-6-14-15(10-13)28-19-16(18(14)25)17(11-3-2-4-12(22)9-11)24(20(19)26)21-23-7-8-29-21/h2-10,17H,1H3/t17-/m1/s1. The van der Waals surface area contributed by atoms with Crippen LogP contribution in [0.2, 0.25) is 0 Å². The highest BCUT2D eigenvalue weighted by molar-refractivity contribution is 9.10. The van der Waals surface area contributed by atoms with Gasteiger partial charge in [0.1, 0.15) is 11.3 Å². The predicted molar refractivity (Wildman–Crippen MR) is 114 cm³/mol. The molecule has 0 spiro atoms. The molecule has 0 unspecified atom stereocenters. The van der Waals surface area contributed by atoms with E-state index >= 15 is 0 Å². The summed E-state index contributed by atoms with van der Waals surface area (Å²) in [5.41, 5.74) is 1.19. The largest absolute Gasteiger partial charge is 0.497 e. The van der Waals surface area contributed by atoms with Crippen LogP contribution in [0.4, 0.5) is 5.13 Å². The molecule has 0 radical (unpaired) electrons. The van der Waals surface area contributed by atoms with Crippen LogP contribution < -0.4 is 15.1 Å². The highest BCUT2D eigenvalue weighted by Crippen LogP contribution is 2.42. The van der Waals surface area contributed by atoms with E-state index in [2.05, 4.69) is 20.9 Å². The van der Waals surface area contributed by atoms with E-state index in [0.717, 1.165) is 10.0 Å². The second kappa shape index (κ2) is 6.82. The number of amides is 1. The molecule has 0 saturated carbocycles. The lowest BCUT2D eigenvalue weighted by Gasteiger charge is -2.22. The molecular weight excluding hydrogens is 456 g/mol. The third-order valence-electron chi connectivity index (χ3n) is 4.87. The minimum absolute atomic E-state index is 0.0379. The molecule has 1 amide bonds. The molecule has 0 saturated heterocycles. The maximum Gasteiger partial charge on any atom is 0.297 e. The van der Waals surface area contributed by atoms with E-state index in [4.69, 9.17) is 9.15 Å². The lowest BCUT2D eigenvalue weighted by atomic mass is 9.99. The molecule has 144 valence electrons. The highest BCUT2D eigenvalue weighted by Gasteiger charge is 2.44. The zero-order valence-electron chi connectivity index (χ0n) is 15.1. The highest BCUT2D eigenvalue weighted by atomic mass is 79.9. The van der Waals surface area contributed by atoms with Crippen molar-refractivity contribution in [2.45, 2.75) is 6.04 Å². The first kappa shape index (κ1) is 18.1. The molecule has 1 aliphatic heterocycles. The first-order valence-electron chi connectivity index (χ1n) is 8.71. The van der Waals surface area contributed by atoms with Crippen molar-refractivity contribution in [3.8, 4) is 5.75 Å². The fraction of sp³-hybridized carbons (Fsp3) is 0.0952. The molecule has 6 nitrogen and oxygen atoms in total. The average Bonchev–Trinajstić information content (AvgIpc) is 3.34. The molecule has 4 aromatic rings. The number of aromatic nitrogens is 1. The Morgan fingerprint density at radius 2 is 2.07 bits per heavy atom. The monoisotopic (exact) mass is 468 g/mol. The minimum atomic E-state index is -0.621. The number of hydrogen-bond donors (Lipinski definition) is 0. The number of thiazole rings is 1. The Labute approximate surface area is 177 Å². The number of ether oxygens (including phenoxy) is 1. The van der Waals surface area contributed by atoms with Crippen molar-refractivity contribution in [1.29, 1.82) is 0 Å². The van der Waals surface area contributed by atoms with Crippen LogP contribution in [0.3, 0.4) is 0 Å². The van der Waals surface area contributed by atoms with Crippen molar-refractivity contribution in [1.82, 2.24) is 4.98 Å². The van der Waals surface area contributed by atoms with Crippen LogP contribution in [0.1, 0.15) is 27.7 Å². The quantitative estimate of drug-likeness (QED) is 0.432. The topological polar surface area (TPSA) is 72.6 Å². The van der Waals surface area contributed by atoms with Crippen molar-refractivity contribution >= 4 is 49.3 Å². The summed E-state index contributed by atoms with van der Waals surface area (Å²) in [7, 11) is 1.53. The second-order valence-corrected chi connectivity index (χ2v) is 8.27. The normalized spacial score (nSPS) is 15.7. The van der Waals surface area contributed by atoms with Crippen LogP contribution in [0, 0.1) is 0 Å². The zero-order chi connectivity index (χ0) is 20.1. The number of benzene rings is 2. The van der Waals surface area contributed by atoms with Crippen molar-refractivity contribution in [3.05, 3.63) is 85.6 Å². The van der Waals surface area contributed by atoms with Crippen molar-refractivity contribution in [2.24, 2.45) is 0 Å². The van der Waals surface area contributed by atoms with Gasteiger partial charge < -0.3 is 9.15 Å². The maximum absolute atomic E-state index is 13.4. The number of methoxy groups -OCH3 is 1. The molecular formula is C21H13BrN2O4S. The summed E-state index contributed by atoms with van der Waals surface area (Å²) in [4.78, 5) is 32.6. The fourth-order valence-electron chi connectivity index (χ4n) is 3.60. The number of fused-ring (bicyclic) bond motifs is 2. The van der Waals surface area contributed by atoms with Gasteiger partial charge in [-0.25, -0.2) is 4.98 Å². The average molecular weight is 469 g/mol. The lowest BCUT2D eigenvalue weighted by Crippen LogP contribution is -2.29. The van der Waals surface area contributed by atoms with E-state index in [1.54, 1.807) is 29.8 Å². The van der Waals surface area contributed by atoms with Crippen molar-refractivity contribution in [2.75, 3.05) is 12.0 Å². The molecule has 1 atom stereocenters. The first-order valence-corrected chi connectivity index (χ1v) is 10.4. The SMILES string of the molecule is COc1ccc2c(=O)c3c(oc2c1)C(=O)N(c1nccs1)[C@@H]3c1cccc(Br)c1. The maximum atomic E-state index is 13.4. The van der Waals surface area contributed by atoms with Crippen LogP contribution in [-0.2, 0) is 0 Å². The molecule has 3 heterocycles. The fourth-order valence-corrected chi connectivity index (χ4v) is 4.69. The first-order chi connectivity index (χ1) is 14.1. The van der Waals surface area contributed by atoms with Crippen LogP contribution in [-0.4, -0.2) is 18.0 Å². The lowest BCUT2D eigenvalue weighted by molar-refractivity contribution is 0.0971. The van der Waals surface area contributed by atoms with Crippen molar-refractivity contribution < 1.29 is 13.9 Å². The minimum Gasteiger partial charge on any atom is -0.497 e. The Balaban J connectivity index is 1.82. The third kappa shape index (κ3) is 2.79. The van der Waals surface area contributed by atoms with Gasteiger partial charge >= 0.3 is 0 Å². The number of anilines is 1. The van der Waals surface area contributed by atoms with Crippen molar-refractivity contribution in [3.63, 3.8) is 0 Å². The van der Waals surface area contributed by atoms with Crippen LogP contribution in [0.15, 0.2) is 67.7 Å². The molecule has 0 N–H and O–H groups in total. The third-order valence-corrected chi connectivity index (χ3v) is 6.13. The second-order valence-electron chi connectivity index (χ2n) is 6.48. The van der Waals surface area contributed by atoms with Crippen LogP contribution in [0.25, 0.3) is 11.0 Å². The summed E-state index contributed by atoms with van der Waals surface area (Å²) in [5, 5.41) is 2.70. The van der Waals surface area contributed by atoms with Gasteiger partial charge in [0.25, 0.3) is 5.91 Å². The molecule has 5 rings (SSSR count). The smallest absolute Gasteiger partial charge is 0.297 e. The van der Waals surface area contributed by atoms with Gasteiger partial charge in [0.2, 0.25) is 5.76 Å². The summed E-state index contributed by atoms with van der Waals surface area (Å²) in [5.74, 6) is 0.198. The number of carbonyl (C=O) groups is 1. The van der Waals surface area contributed by atoms with Gasteiger partial charge in [0, 0.05) is 22.1 Å². The molecule has 0 aliphatic carbocycles. The molecule has 8 heteroatoms. The van der Waals surface area contributed by atoms with Gasteiger partial charge in [0.05, 0.1) is 24.1 Å². The zero-order valence-corrected chi connectivity index (χ0v) is 17.5. The number of halogens is 1. The Hall–Kier alpha value is -2.97. The van der Waals surface area contributed by atoms with Crippen LogP contribution in [0.5, 0.6) is 5.75 Å². The summed E-state index contributed by atoms with van der Waals surface area (Å²) >= 11 is 4.81. The molecule has 29 heavy (non-hydrogen) atoms. The van der Waals surface area contributed by atoms with Gasteiger partial charge in [0.15, 0.2) is 10.6 Å². The van der Waals surface area contributed by atoms with Gasteiger partial charge in [-0.2, -0.15) is 0 Å². The number of hydrogen-bond acceptors (Lipinski definition) is 6. The molecule has 2 aromatic carbocycles. The summed E-state index contributed by atoms with van der Waals surface area (Å²) in [6.07, 6.45) is 1.63. The summed E-state index contributed by atoms with van der Waals surface area (Å²) in [6.45, 7) is 0. The van der Waals surface area contributed by atoms with E-state index in [1.165, 1.54) is 23.3 Å².